The van der Waals surface area contributed by atoms with E-state index in [1.807, 2.05) is 37.3 Å². The Bertz CT molecular complexity index is 1260. The van der Waals surface area contributed by atoms with Crippen LogP contribution in [0.3, 0.4) is 0 Å². The molecule has 2 unspecified atom stereocenters. The van der Waals surface area contributed by atoms with Crippen LogP contribution in [-0.2, 0) is 9.53 Å². The number of pyridine rings is 1. The smallest absolute Gasteiger partial charge is 0.315 e. The summed E-state index contributed by atoms with van der Waals surface area (Å²) in [4.78, 5) is 33.0. The first-order chi connectivity index (χ1) is 14.9. The van der Waals surface area contributed by atoms with Crippen molar-refractivity contribution < 1.29 is 14.5 Å². The van der Waals surface area contributed by atoms with Crippen LogP contribution in [0.15, 0.2) is 71.5 Å². The maximum Gasteiger partial charge on any atom is 0.315 e. The SMILES string of the molecule is COC(=O)C1C(C)=NC(C)=C(c2cnc3ccccc3c2)C1c1cccc([N+](=O)[O-])c1. The van der Waals surface area contributed by atoms with Gasteiger partial charge in [0.25, 0.3) is 5.69 Å². The number of rotatable bonds is 4. The van der Waals surface area contributed by atoms with Crippen LogP contribution >= 0.6 is 0 Å². The van der Waals surface area contributed by atoms with Crippen molar-refractivity contribution >= 4 is 33.8 Å². The Morgan fingerprint density at radius 2 is 1.87 bits per heavy atom. The van der Waals surface area contributed by atoms with Crippen LogP contribution in [0, 0.1) is 16.0 Å². The van der Waals surface area contributed by atoms with Gasteiger partial charge in [0, 0.05) is 41.0 Å². The number of aromatic nitrogens is 1. The highest BCUT2D eigenvalue weighted by Crippen LogP contribution is 2.45. The number of ether oxygens (including phenoxy) is 1. The minimum absolute atomic E-state index is 0.0325. The van der Waals surface area contributed by atoms with E-state index in [4.69, 9.17) is 4.74 Å². The van der Waals surface area contributed by atoms with E-state index in [0.717, 1.165) is 27.7 Å². The number of fused-ring (bicyclic) bond motifs is 1. The van der Waals surface area contributed by atoms with E-state index in [1.54, 1.807) is 25.3 Å². The quantitative estimate of drug-likeness (QED) is 0.342. The van der Waals surface area contributed by atoms with Crippen LogP contribution in [0.4, 0.5) is 5.69 Å². The van der Waals surface area contributed by atoms with Gasteiger partial charge in [-0.05, 0) is 42.7 Å². The van der Waals surface area contributed by atoms with Crippen LogP contribution in [-0.4, -0.2) is 28.7 Å². The molecule has 0 bridgehead atoms. The third-order valence-corrected chi connectivity index (χ3v) is 5.63. The molecule has 1 aromatic heterocycles. The van der Waals surface area contributed by atoms with E-state index in [-0.39, 0.29) is 5.69 Å². The number of nitrogens with zero attached hydrogens (tertiary/aromatic N) is 3. The molecule has 0 spiro atoms. The first kappa shape index (κ1) is 20.4. The number of non-ortho nitro benzene ring substituents is 1. The fourth-order valence-electron chi connectivity index (χ4n) is 4.26. The number of carbonyl (C=O) groups is 1. The van der Waals surface area contributed by atoms with Gasteiger partial charge in [-0.25, -0.2) is 0 Å². The van der Waals surface area contributed by atoms with Crippen LogP contribution in [0.1, 0.15) is 30.9 Å². The van der Waals surface area contributed by atoms with E-state index in [2.05, 4.69) is 9.98 Å². The highest BCUT2D eigenvalue weighted by atomic mass is 16.6. The van der Waals surface area contributed by atoms with Crippen molar-refractivity contribution in [3.8, 4) is 0 Å². The van der Waals surface area contributed by atoms with Gasteiger partial charge in [0.05, 0.1) is 17.5 Å². The highest BCUT2D eigenvalue weighted by molar-refractivity contribution is 6.06. The van der Waals surface area contributed by atoms with E-state index in [9.17, 15) is 14.9 Å². The summed E-state index contributed by atoms with van der Waals surface area (Å²) in [5, 5.41) is 12.4. The molecule has 4 rings (SSSR count). The average molecular weight is 415 g/mol. The van der Waals surface area contributed by atoms with Gasteiger partial charge in [-0.3, -0.25) is 24.9 Å². The number of benzene rings is 2. The third-order valence-electron chi connectivity index (χ3n) is 5.63. The molecule has 156 valence electrons. The predicted molar refractivity (Wildman–Crippen MR) is 119 cm³/mol. The molecule has 2 heterocycles. The molecule has 0 aliphatic carbocycles. The van der Waals surface area contributed by atoms with Crippen molar-refractivity contribution in [2.75, 3.05) is 7.11 Å². The molecule has 1 aliphatic rings. The normalized spacial score (nSPS) is 18.6. The lowest BCUT2D eigenvalue weighted by Gasteiger charge is -2.32. The zero-order valence-corrected chi connectivity index (χ0v) is 17.4. The molecule has 7 heteroatoms. The summed E-state index contributed by atoms with van der Waals surface area (Å²) >= 11 is 0. The number of nitro benzene ring substituents is 1. The van der Waals surface area contributed by atoms with Gasteiger partial charge in [-0.15, -0.1) is 0 Å². The predicted octanol–water partition coefficient (Wildman–Crippen LogP) is 4.92. The lowest BCUT2D eigenvalue weighted by molar-refractivity contribution is -0.384. The minimum atomic E-state index is -0.697. The topological polar surface area (TPSA) is 94.7 Å². The number of carbonyl (C=O) groups excluding carboxylic acids is 1. The maximum absolute atomic E-state index is 12.8. The zero-order chi connectivity index (χ0) is 22.1. The fourth-order valence-corrected chi connectivity index (χ4v) is 4.26. The van der Waals surface area contributed by atoms with Crippen molar-refractivity contribution in [3.63, 3.8) is 0 Å². The molecule has 0 radical (unpaired) electrons. The van der Waals surface area contributed by atoms with E-state index >= 15 is 0 Å². The lowest BCUT2D eigenvalue weighted by atomic mass is 9.73. The first-order valence-corrected chi connectivity index (χ1v) is 9.84. The number of hydrogen-bond donors (Lipinski definition) is 0. The number of hydrogen-bond acceptors (Lipinski definition) is 6. The van der Waals surface area contributed by atoms with Gasteiger partial charge in [-0.2, -0.15) is 0 Å². The number of esters is 1. The van der Waals surface area contributed by atoms with E-state index in [1.165, 1.54) is 19.2 Å². The van der Waals surface area contributed by atoms with Crippen molar-refractivity contribution in [3.05, 3.63) is 87.7 Å². The molecule has 1 aliphatic heterocycles. The first-order valence-electron chi connectivity index (χ1n) is 9.84. The molecule has 2 aromatic carbocycles. The largest absolute Gasteiger partial charge is 0.468 e. The van der Waals surface area contributed by atoms with Crippen LogP contribution in [0.25, 0.3) is 16.5 Å². The Kier molecular flexibility index (Phi) is 5.33. The molecular formula is C24H21N3O4. The summed E-state index contributed by atoms with van der Waals surface area (Å²) in [5.74, 6) is -1.62. The Balaban J connectivity index is 1.96. The monoisotopic (exact) mass is 415 g/mol. The summed E-state index contributed by atoms with van der Waals surface area (Å²) in [6, 6.07) is 16.2. The number of para-hydroxylation sites is 1. The van der Waals surface area contributed by atoms with Crippen LogP contribution in [0.2, 0.25) is 0 Å². The van der Waals surface area contributed by atoms with E-state index in [0.29, 0.717) is 11.3 Å². The van der Waals surface area contributed by atoms with Gasteiger partial charge < -0.3 is 4.74 Å². The maximum atomic E-state index is 12.8. The van der Waals surface area contributed by atoms with Gasteiger partial charge >= 0.3 is 5.97 Å². The van der Waals surface area contributed by atoms with Crippen molar-refractivity contribution in [1.29, 1.82) is 0 Å². The Morgan fingerprint density at radius 3 is 2.61 bits per heavy atom. The van der Waals surface area contributed by atoms with Gasteiger partial charge in [0.1, 0.15) is 5.92 Å². The second kappa shape index (κ2) is 8.10. The van der Waals surface area contributed by atoms with Crippen molar-refractivity contribution in [2.45, 2.75) is 19.8 Å². The number of methoxy groups -OCH3 is 1. The van der Waals surface area contributed by atoms with Gasteiger partial charge in [0.15, 0.2) is 0 Å². The van der Waals surface area contributed by atoms with Crippen LogP contribution in [0.5, 0.6) is 0 Å². The fraction of sp³-hybridized carbons (Fsp3) is 0.208. The Hall–Kier alpha value is -3.87. The Labute approximate surface area is 179 Å². The van der Waals surface area contributed by atoms with Crippen LogP contribution < -0.4 is 0 Å². The molecule has 2 atom stereocenters. The van der Waals surface area contributed by atoms with Crippen molar-refractivity contribution in [2.24, 2.45) is 10.9 Å². The lowest BCUT2D eigenvalue weighted by Crippen LogP contribution is -2.33. The number of allylic oxidation sites excluding steroid dienone is 2. The summed E-state index contributed by atoms with van der Waals surface area (Å²) in [5.41, 5.74) is 4.45. The highest BCUT2D eigenvalue weighted by Gasteiger charge is 2.40. The summed E-state index contributed by atoms with van der Waals surface area (Å²) in [6.07, 6.45) is 1.76. The molecule has 0 N–H and O–H groups in total. The number of aliphatic imine (C=N–C) groups is 1. The van der Waals surface area contributed by atoms with Gasteiger partial charge in [0.2, 0.25) is 0 Å². The number of nitro groups is 1. The molecule has 31 heavy (non-hydrogen) atoms. The van der Waals surface area contributed by atoms with Crippen molar-refractivity contribution in [1.82, 2.24) is 4.98 Å². The van der Waals surface area contributed by atoms with Gasteiger partial charge in [-0.1, -0.05) is 30.3 Å². The zero-order valence-electron chi connectivity index (χ0n) is 17.4. The van der Waals surface area contributed by atoms with E-state index < -0.39 is 22.7 Å². The molecule has 0 fully saturated rings. The third kappa shape index (κ3) is 3.70. The molecule has 0 amide bonds. The molecule has 0 saturated heterocycles. The summed E-state index contributed by atoms with van der Waals surface area (Å²) in [7, 11) is 1.34. The standard InChI is InChI=1S/C24H21N3O4/c1-14-21(18-11-16-7-4-5-10-20(16)25-13-18)23(22(15(2)26-14)24(28)31-3)17-8-6-9-19(12-17)27(29)30/h4-13,22-23H,1-3H3. The molecular weight excluding hydrogens is 394 g/mol. The second-order valence-corrected chi connectivity index (χ2v) is 7.50. The summed E-state index contributed by atoms with van der Waals surface area (Å²) < 4.78 is 5.09. The molecule has 0 saturated carbocycles. The average Bonchev–Trinajstić information content (AvgIpc) is 2.78. The second-order valence-electron chi connectivity index (χ2n) is 7.50. The Morgan fingerprint density at radius 1 is 1.10 bits per heavy atom. The molecule has 3 aromatic rings. The minimum Gasteiger partial charge on any atom is -0.468 e. The summed E-state index contributed by atoms with van der Waals surface area (Å²) in [6.45, 7) is 3.66. The molecule has 7 nitrogen and oxygen atoms in total.